The van der Waals surface area contributed by atoms with Gasteiger partial charge in [-0.05, 0) is 23.3 Å². The van der Waals surface area contributed by atoms with Crippen LogP contribution in [0.3, 0.4) is 0 Å². The second-order valence-electron chi connectivity index (χ2n) is 5.17. The fraction of sp³-hybridized carbons (Fsp3) is 0.353. The van der Waals surface area contributed by atoms with Crippen LogP contribution in [0, 0.1) is 0 Å². The lowest BCUT2D eigenvalue weighted by Crippen LogP contribution is -2.40. The van der Waals surface area contributed by atoms with Crippen molar-refractivity contribution >= 4 is 16.7 Å². The highest BCUT2D eigenvalue weighted by molar-refractivity contribution is 5.85. The number of methoxy groups -OCH3 is 1. The zero-order valence-corrected chi connectivity index (χ0v) is 12.6. The molecular formula is C17H22N2O2. The van der Waals surface area contributed by atoms with E-state index in [1.54, 1.807) is 7.11 Å². The van der Waals surface area contributed by atoms with E-state index >= 15 is 0 Å². The van der Waals surface area contributed by atoms with Crippen molar-refractivity contribution in [3.05, 3.63) is 48.0 Å². The molecule has 112 valence electrons. The number of hydrogen-bond donors (Lipinski definition) is 2. The molecule has 21 heavy (non-hydrogen) atoms. The minimum Gasteiger partial charge on any atom is -0.383 e. The van der Waals surface area contributed by atoms with Gasteiger partial charge in [0.25, 0.3) is 0 Å². The van der Waals surface area contributed by atoms with Crippen LogP contribution in [0.5, 0.6) is 0 Å². The Labute approximate surface area is 125 Å². The molecule has 2 aromatic rings. The zero-order valence-electron chi connectivity index (χ0n) is 12.6. The molecule has 2 N–H and O–H groups in total. The van der Waals surface area contributed by atoms with Gasteiger partial charge in [0.05, 0.1) is 13.2 Å². The molecule has 1 amide bonds. The van der Waals surface area contributed by atoms with E-state index in [0.29, 0.717) is 19.7 Å². The maximum absolute atomic E-state index is 11.8. The molecule has 0 heterocycles. The lowest BCUT2D eigenvalue weighted by Gasteiger charge is -2.13. The molecule has 4 heteroatoms. The first-order valence-corrected chi connectivity index (χ1v) is 7.16. The number of carbonyl (C=O) groups is 1. The van der Waals surface area contributed by atoms with Gasteiger partial charge in [-0.3, -0.25) is 4.79 Å². The summed E-state index contributed by atoms with van der Waals surface area (Å²) in [6, 6.07) is 14.5. The fourth-order valence-corrected chi connectivity index (χ4v) is 2.37. The molecule has 2 rings (SSSR count). The zero-order chi connectivity index (χ0) is 15.1. The van der Waals surface area contributed by atoms with E-state index in [2.05, 4.69) is 34.9 Å². The average molecular weight is 286 g/mol. The first-order valence-electron chi connectivity index (χ1n) is 7.16. The molecule has 0 aliphatic heterocycles. The van der Waals surface area contributed by atoms with Crippen molar-refractivity contribution in [2.24, 2.45) is 0 Å². The Balaban J connectivity index is 1.86. The maximum atomic E-state index is 11.8. The summed E-state index contributed by atoms with van der Waals surface area (Å²) in [5, 5.41) is 8.51. The van der Waals surface area contributed by atoms with Crippen molar-refractivity contribution < 1.29 is 9.53 Å². The normalized spacial score (nSPS) is 12.3. The molecule has 0 saturated carbocycles. The number of nitrogens with one attached hydrogen (secondary N) is 2. The van der Waals surface area contributed by atoms with Gasteiger partial charge in [0, 0.05) is 19.7 Å². The second kappa shape index (κ2) is 7.76. The van der Waals surface area contributed by atoms with E-state index in [4.69, 9.17) is 4.74 Å². The van der Waals surface area contributed by atoms with Gasteiger partial charge in [-0.25, -0.2) is 0 Å². The summed E-state index contributed by atoms with van der Waals surface area (Å²) in [6.07, 6.45) is 0. The lowest BCUT2D eigenvalue weighted by molar-refractivity contribution is -0.121. The Kier molecular flexibility index (Phi) is 5.72. The maximum Gasteiger partial charge on any atom is 0.234 e. The quantitative estimate of drug-likeness (QED) is 0.819. The van der Waals surface area contributed by atoms with Gasteiger partial charge in [0.2, 0.25) is 5.91 Å². The minimum absolute atomic E-state index is 0.0141. The third-order valence-electron chi connectivity index (χ3n) is 3.30. The van der Waals surface area contributed by atoms with E-state index in [-0.39, 0.29) is 11.9 Å². The lowest BCUT2D eigenvalue weighted by atomic mass is 10.0. The molecule has 0 aliphatic carbocycles. The predicted octanol–water partition coefficient (Wildman–Crippen LogP) is 2.08. The van der Waals surface area contributed by atoms with Gasteiger partial charge < -0.3 is 15.4 Å². The van der Waals surface area contributed by atoms with Crippen molar-refractivity contribution in [2.75, 3.05) is 20.3 Å². The molecule has 1 unspecified atom stereocenters. The SMILES string of the molecule is COCC(C)NC(=O)CNCc1cccc2ccccc12. The van der Waals surface area contributed by atoms with Crippen LogP contribution in [0.1, 0.15) is 12.5 Å². The number of ether oxygens (including phenoxy) is 1. The first-order chi connectivity index (χ1) is 10.2. The van der Waals surface area contributed by atoms with Gasteiger partial charge in [-0.2, -0.15) is 0 Å². The van der Waals surface area contributed by atoms with Gasteiger partial charge in [-0.1, -0.05) is 42.5 Å². The van der Waals surface area contributed by atoms with E-state index in [0.717, 1.165) is 0 Å². The Morgan fingerprint density at radius 2 is 1.95 bits per heavy atom. The number of hydrogen-bond acceptors (Lipinski definition) is 3. The van der Waals surface area contributed by atoms with Crippen LogP contribution in [0.15, 0.2) is 42.5 Å². The highest BCUT2D eigenvalue weighted by Crippen LogP contribution is 2.17. The molecule has 0 radical (unpaired) electrons. The molecule has 4 nitrogen and oxygen atoms in total. The fourth-order valence-electron chi connectivity index (χ4n) is 2.37. The number of carbonyl (C=O) groups excluding carboxylic acids is 1. The van der Waals surface area contributed by atoms with Gasteiger partial charge >= 0.3 is 0 Å². The molecule has 1 atom stereocenters. The van der Waals surface area contributed by atoms with Crippen LogP contribution in [0.2, 0.25) is 0 Å². The van der Waals surface area contributed by atoms with Crippen LogP contribution in [-0.4, -0.2) is 32.2 Å². The molecule has 0 saturated heterocycles. The molecule has 0 fully saturated rings. The summed E-state index contributed by atoms with van der Waals surface area (Å²) < 4.78 is 4.99. The van der Waals surface area contributed by atoms with Gasteiger partial charge in [0.1, 0.15) is 0 Å². The smallest absolute Gasteiger partial charge is 0.234 e. The Morgan fingerprint density at radius 1 is 1.19 bits per heavy atom. The minimum atomic E-state index is -0.0141. The van der Waals surface area contributed by atoms with Crippen LogP contribution < -0.4 is 10.6 Å². The summed E-state index contributed by atoms with van der Waals surface area (Å²) in [7, 11) is 1.63. The van der Waals surface area contributed by atoms with E-state index < -0.39 is 0 Å². The number of amides is 1. The van der Waals surface area contributed by atoms with Crippen molar-refractivity contribution in [2.45, 2.75) is 19.5 Å². The number of fused-ring (bicyclic) bond motifs is 1. The third kappa shape index (κ3) is 4.55. The summed E-state index contributed by atoms with van der Waals surface area (Å²) in [4.78, 5) is 11.8. The summed E-state index contributed by atoms with van der Waals surface area (Å²) >= 11 is 0. The summed E-state index contributed by atoms with van der Waals surface area (Å²) in [5.41, 5.74) is 1.20. The third-order valence-corrected chi connectivity index (χ3v) is 3.30. The van der Waals surface area contributed by atoms with Crippen molar-refractivity contribution in [3.63, 3.8) is 0 Å². The highest BCUT2D eigenvalue weighted by atomic mass is 16.5. The summed E-state index contributed by atoms with van der Waals surface area (Å²) in [6.45, 7) is 3.42. The van der Waals surface area contributed by atoms with Crippen LogP contribution in [0.4, 0.5) is 0 Å². The molecule has 0 spiro atoms. The van der Waals surface area contributed by atoms with Gasteiger partial charge in [-0.15, -0.1) is 0 Å². The molecule has 2 aromatic carbocycles. The Hall–Kier alpha value is -1.91. The number of benzene rings is 2. The topological polar surface area (TPSA) is 50.4 Å². The van der Waals surface area contributed by atoms with Gasteiger partial charge in [0.15, 0.2) is 0 Å². The standard InChI is InChI=1S/C17H22N2O2/c1-13(12-21-2)19-17(20)11-18-10-15-8-5-7-14-6-3-4-9-16(14)15/h3-9,13,18H,10-12H2,1-2H3,(H,19,20). The Morgan fingerprint density at radius 3 is 2.76 bits per heavy atom. The monoisotopic (exact) mass is 286 g/mol. The predicted molar refractivity (Wildman–Crippen MR) is 85.1 cm³/mol. The van der Waals surface area contributed by atoms with Crippen molar-refractivity contribution in [1.29, 1.82) is 0 Å². The average Bonchev–Trinajstić information content (AvgIpc) is 2.47. The Bertz CT molecular complexity index is 593. The van der Waals surface area contributed by atoms with Crippen LogP contribution in [0.25, 0.3) is 10.8 Å². The van der Waals surface area contributed by atoms with Crippen molar-refractivity contribution in [1.82, 2.24) is 10.6 Å². The van der Waals surface area contributed by atoms with Crippen LogP contribution >= 0.6 is 0 Å². The summed E-state index contributed by atoms with van der Waals surface area (Å²) in [5.74, 6) is -0.0141. The molecule has 0 bridgehead atoms. The van der Waals surface area contributed by atoms with Crippen LogP contribution in [-0.2, 0) is 16.1 Å². The van der Waals surface area contributed by atoms with E-state index in [9.17, 15) is 4.79 Å². The molecule has 0 aliphatic rings. The highest BCUT2D eigenvalue weighted by Gasteiger charge is 2.06. The van der Waals surface area contributed by atoms with E-state index in [1.165, 1.54) is 16.3 Å². The molecular weight excluding hydrogens is 264 g/mol. The largest absolute Gasteiger partial charge is 0.383 e. The number of rotatable bonds is 7. The molecule has 0 aromatic heterocycles. The van der Waals surface area contributed by atoms with Crippen molar-refractivity contribution in [3.8, 4) is 0 Å². The first kappa shape index (κ1) is 15.5. The second-order valence-corrected chi connectivity index (χ2v) is 5.17. The van der Waals surface area contributed by atoms with E-state index in [1.807, 2.05) is 25.1 Å².